The molecule has 2 unspecified atom stereocenters. The Labute approximate surface area is 291 Å². The van der Waals surface area contributed by atoms with Gasteiger partial charge in [-0.05, 0) is 84.0 Å². The number of carbonyl (C=O) groups is 2. The minimum Gasteiger partial charge on any atom is -0.465 e. The van der Waals surface area contributed by atoms with Gasteiger partial charge in [-0.1, -0.05) is 91.5 Å². The van der Waals surface area contributed by atoms with Crippen LogP contribution in [0.15, 0.2) is 97.1 Å². The molecule has 0 aliphatic heterocycles. The number of ether oxygens (including phenoxy) is 2. The fourth-order valence-electron chi connectivity index (χ4n) is 6.10. The zero-order valence-electron chi connectivity index (χ0n) is 28.4. The molecule has 0 aromatic heterocycles. The normalized spacial score (nSPS) is 13.3. The highest BCUT2D eigenvalue weighted by molar-refractivity contribution is 5.88. The van der Waals surface area contributed by atoms with Gasteiger partial charge < -0.3 is 19.7 Å². The maximum absolute atomic E-state index is 15.7. The zero-order valence-corrected chi connectivity index (χ0v) is 28.4. The minimum absolute atomic E-state index is 0.0836. The van der Waals surface area contributed by atoms with E-state index in [2.05, 4.69) is 36.9 Å². The molecule has 260 valence electrons. The Bertz CT molecular complexity index is 1900. The molecule has 0 amide bonds. The van der Waals surface area contributed by atoms with Crippen LogP contribution >= 0.6 is 0 Å². The smallest absolute Gasteiger partial charge is 0.335 e. The highest BCUT2D eigenvalue weighted by Crippen LogP contribution is 2.38. The Hall–Kier alpha value is -4.92. The number of rotatable bonds is 14. The Morgan fingerprint density at radius 1 is 0.820 bits per heavy atom. The number of benzene rings is 4. The van der Waals surface area contributed by atoms with Gasteiger partial charge in [-0.2, -0.15) is 0 Å². The zero-order chi connectivity index (χ0) is 35.8. The van der Waals surface area contributed by atoms with E-state index in [0.29, 0.717) is 16.7 Å². The number of allylic oxidation sites excluding steroid dienone is 2. The summed E-state index contributed by atoms with van der Waals surface area (Å²) in [6, 6.07) is 22.2. The first kappa shape index (κ1) is 36.4. The second-order valence-electron chi connectivity index (χ2n) is 12.7. The molecule has 2 atom stereocenters. The predicted octanol–water partition coefficient (Wildman–Crippen LogP) is 7.92. The van der Waals surface area contributed by atoms with Gasteiger partial charge in [0.25, 0.3) is 0 Å². The van der Waals surface area contributed by atoms with E-state index in [0.717, 1.165) is 36.8 Å². The quantitative estimate of drug-likeness (QED) is 0.0799. The monoisotopic (exact) mass is 680 g/mol. The number of hydrogen-bond acceptors (Lipinski definition) is 6. The summed E-state index contributed by atoms with van der Waals surface area (Å²) in [6.07, 6.45) is 7.95. The van der Waals surface area contributed by atoms with E-state index in [-0.39, 0.29) is 36.5 Å². The van der Waals surface area contributed by atoms with Crippen LogP contribution in [0.4, 0.5) is 8.78 Å². The highest BCUT2D eigenvalue weighted by Gasteiger charge is 2.23. The topological polar surface area (TPSA) is 93.1 Å². The van der Waals surface area contributed by atoms with Crippen molar-refractivity contribution >= 4 is 11.9 Å². The average Bonchev–Trinajstić information content (AvgIpc) is 3.14. The largest absolute Gasteiger partial charge is 0.465 e. The summed E-state index contributed by atoms with van der Waals surface area (Å²) in [4.78, 5) is 24.3. The first-order valence-corrected chi connectivity index (χ1v) is 16.8. The molecular formula is C42H42F2O6. The number of esters is 2. The lowest BCUT2D eigenvalue weighted by Gasteiger charge is -2.22. The summed E-state index contributed by atoms with van der Waals surface area (Å²) in [5.74, 6) is -4.67. The molecule has 1 aliphatic rings. The molecule has 6 nitrogen and oxygen atoms in total. The number of aliphatic hydroxyl groups excluding tert-OH is 2. The van der Waals surface area contributed by atoms with E-state index in [1.807, 2.05) is 25.1 Å². The van der Waals surface area contributed by atoms with Crippen LogP contribution in [0.25, 0.3) is 33.4 Å². The summed E-state index contributed by atoms with van der Waals surface area (Å²) < 4.78 is 42.0. The Kier molecular flexibility index (Phi) is 12.1. The van der Waals surface area contributed by atoms with Crippen LogP contribution in [0.1, 0.15) is 48.4 Å². The van der Waals surface area contributed by atoms with E-state index in [9.17, 15) is 19.8 Å². The van der Waals surface area contributed by atoms with E-state index in [1.54, 1.807) is 36.4 Å². The molecule has 2 N–H and O–H groups in total. The van der Waals surface area contributed by atoms with Gasteiger partial charge in [0.05, 0.1) is 30.6 Å². The Morgan fingerprint density at radius 2 is 1.40 bits per heavy atom. The van der Waals surface area contributed by atoms with Crippen molar-refractivity contribution in [3.8, 4) is 33.4 Å². The molecule has 0 spiro atoms. The predicted molar refractivity (Wildman–Crippen MR) is 190 cm³/mol. The third-order valence-corrected chi connectivity index (χ3v) is 9.15. The third kappa shape index (κ3) is 8.26. The van der Waals surface area contributed by atoms with Crippen LogP contribution in [0.3, 0.4) is 0 Å². The van der Waals surface area contributed by atoms with E-state index in [1.165, 1.54) is 23.6 Å². The number of carbonyl (C=O) groups excluding carboxylic acids is 2. The highest BCUT2D eigenvalue weighted by atomic mass is 19.2. The second-order valence-corrected chi connectivity index (χ2v) is 12.7. The molecule has 0 saturated carbocycles. The fourth-order valence-corrected chi connectivity index (χ4v) is 6.10. The summed E-state index contributed by atoms with van der Waals surface area (Å²) in [7, 11) is 0. The molecule has 5 rings (SSSR count). The molecule has 4 aromatic carbocycles. The van der Waals surface area contributed by atoms with Crippen LogP contribution in [0, 0.1) is 17.6 Å². The van der Waals surface area contributed by atoms with E-state index >= 15 is 8.78 Å². The van der Waals surface area contributed by atoms with Crippen molar-refractivity contribution in [3.63, 3.8) is 0 Å². The third-order valence-electron chi connectivity index (χ3n) is 9.15. The molecule has 0 fully saturated rings. The van der Waals surface area contributed by atoms with Crippen LogP contribution in [-0.4, -0.2) is 48.6 Å². The summed E-state index contributed by atoms with van der Waals surface area (Å²) >= 11 is 0. The molecule has 0 bridgehead atoms. The number of aryl methyl sites for hydroxylation is 3. The molecule has 0 saturated heterocycles. The van der Waals surface area contributed by atoms with Crippen molar-refractivity contribution in [1.82, 2.24) is 0 Å². The van der Waals surface area contributed by atoms with Gasteiger partial charge in [-0.15, -0.1) is 0 Å². The van der Waals surface area contributed by atoms with Crippen molar-refractivity contribution in [2.24, 2.45) is 5.92 Å². The lowest BCUT2D eigenvalue weighted by Crippen LogP contribution is -2.24. The van der Waals surface area contributed by atoms with Crippen LogP contribution in [-0.2, 0) is 38.3 Å². The molecule has 4 aromatic rings. The van der Waals surface area contributed by atoms with Gasteiger partial charge in [-0.25, -0.2) is 13.6 Å². The standard InChI is InChI=1S/C42H42F2O6/c1-4-5-6-7-28-8-16-35-31(20-28)13-14-32-21-33(15-17-36(32)35)38-19-18-37(39(43)40(38)44)30-11-9-29(10-12-30)34(24-49-41(47)26(2)22-45)25-50-42(48)27(3)23-46/h4-5,8-12,15-21,27,34,45-46H,2,6-7,13-14,22-25H2,1,3H3/b5-4+. The number of fused-ring (bicyclic) bond motifs is 3. The lowest BCUT2D eigenvalue weighted by atomic mass is 9.83. The fraction of sp³-hybridized carbons (Fsp3) is 0.286. The molecule has 8 heteroatoms. The van der Waals surface area contributed by atoms with E-state index < -0.39 is 42.0 Å². The summed E-state index contributed by atoms with van der Waals surface area (Å²) in [6.45, 7) is 5.69. The lowest BCUT2D eigenvalue weighted by molar-refractivity contribution is -0.150. The first-order chi connectivity index (χ1) is 24.1. The molecule has 0 radical (unpaired) electrons. The maximum atomic E-state index is 15.7. The van der Waals surface area contributed by atoms with Gasteiger partial charge in [0.1, 0.15) is 13.2 Å². The summed E-state index contributed by atoms with van der Waals surface area (Å²) in [5, 5.41) is 18.4. The molecule has 0 heterocycles. The molecule has 50 heavy (non-hydrogen) atoms. The van der Waals surface area contributed by atoms with Crippen molar-refractivity contribution in [2.45, 2.75) is 45.4 Å². The number of hydrogen-bond donors (Lipinski definition) is 2. The van der Waals surface area contributed by atoms with Gasteiger partial charge in [0.15, 0.2) is 11.6 Å². The first-order valence-electron chi connectivity index (χ1n) is 16.8. The SMILES string of the molecule is C=C(CO)C(=O)OCC(COC(=O)C(C)CO)c1ccc(-c2ccc(-c3ccc4c(c3)CCc3cc(CC/C=C/C)ccc3-4)c(F)c2F)cc1. The Balaban J connectivity index is 1.35. The van der Waals surface area contributed by atoms with Crippen LogP contribution in [0.5, 0.6) is 0 Å². The van der Waals surface area contributed by atoms with Gasteiger partial charge in [0.2, 0.25) is 0 Å². The minimum atomic E-state index is -0.969. The second kappa shape index (κ2) is 16.7. The molecule has 1 aliphatic carbocycles. The van der Waals surface area contributed by atoms with Crippen molar-refractivity contribution in [2.75, 3.05) is 26.4 Å². The average molecular weight is 681 g/mol. The van der Waals surface area contributed by atoms with Crippen molar-refractivity contribution in [3.05, 3.63) is 131 Å². The number of aliphatic hydroxyl groups is 2. The number of halogens is 2. The summed E-state index contributed by atoms with van der Waals surface area (Å²) in [5.41, 5.74) is 7.83. The van der Waals surface area contributed by atoms with E-state index in [4.69, 9.17) is 9.47 Å². The maximum Gasteiger partial charge on any atom is 0.335 e. The van der Waals surface area contributed by atoms with Crippen molar-refractivity contribution < 1.29 is 38.1 Å². The van der Waals surface area contributed by atoms with Crippen LogP contribution < -0.4 is 0 Å². The Morgan fingerprint density at radius 3 is 2.04 bits per heavy atom. The van der Waals surface area contributed by atoms with Crippen LogP contribution in [0.2, 0.25) is 0 Å². The molecular weight excluding hydrogens is 638 g/mol. The van der Waals surface area contributed by atoms with Gasteiger partial charge >= 0.3 is 11.9 Å². The van der Waals surface area contributed by atoms with Gasteiger partial charge in [-0.3, -0.25) is 4.79 Å². The van der Waals surface area contributed by atoms with Gasteiger partial charge in [0, 0.05) is 11.1 Å². The van der Waals surface area contributed by atoms with Crippen molar-refractivity contribution in [1.29, 1.82) is 0 Å².